The molecule has 130 valence electrons. The van der Waals surface area contributed by atoms with Crippen LogP contribution < -0.4 is 4.90 Å². The SMILES string of the molecule is CCC(C)N1C(=O)C(C#N)=C(C)/C(=C\c2ccc(N(C)C)cc2)C1=O. The third kappa shape index (κ3) is 3.48. The zero-order valence-electron chi connectivity index (χ0n) is 15.3. The molecule has 1 unspecified atom stereocenters. The van der Waals surface area contributed by atoms with Crippen LogP contribution in [0, 0.1) is 11.3 Å². The van der Waals surface area contributed by atoms with E-state index in [9.17, 15) is 14.9 Å². The van der Waals surface area contributed by atoms with E-state index in [1.807, 2.05) is 63.2 Å². The number of carbonyl (C=O) groups excluding carboxylic acids is 2. The molecule has 1 aromatic rings. The molecule has 1 heterocycles. The summed E-state index contributed by atoms with van der Waals surface area (Å²) >= 11 is 0. The van der Waals surface area contributed by atoms with Gasteiger partial charge in [-0.3, -0.25) is 14.5 Å². The van der Waals surface area contributed by atoms with Crippen LogP contribution in [0.25, 0.3) is 6.08 Å². The van der Waals surface area contributed by atoms with Gasteiger partial charge in [-0.05, 0) is 49.6 Å². The molecule has 1 aliphatic heterocycles. The van der Waals surface area contributed by atoms with Gasteiger partial charge in [0.25, 0.3) is 11.8 Å². The highest BCUT2D eigenvalue weighted by Gasteiger charge is 2.37. The Kier molecular flexibility index (Phi) is 5.43. The van der Waals surface area contributed by atoms with Gasteiger partial charge in [-0.25, -0.2) is 0 Å². The van der Waals surface area contributed by atoms with Crippen LogP contribution in [0.4, 0.5) is 5.69 Å². The first-order chi connectivity index (χ1) is 11.8. The molecule has 5 nitrogen and oxygen atoms in total. The minimum absolute atomic E-state index is 0.0380. The Bertz CT molecular complexity index is 795. The van der Waals surface area contributed by atoms with E-state index in [0.717, 1.165) is 11.3 Å². The predicted molar refractivity (Wildman–Crippen MR) is 98.7 cm³/mol. The Labute approximate surface area is 148 Å². The number of nitrogens with zero attached hydrogens (tertiary/aromatic N) is 3. The Morgan fingerprint density at radius 3 is 2.28 bits per heavy atom. The van der Waals surface area contributed by atoms with Crippen molar-refractivity contribution in [1.82, 2.24) is 4.90 Å². The molecule has 25 heavy (non-hydrogen) atoms. The quantitative estimate of drug-likeness (QED) is 0.625. The Morgan fingerprint density at radius 2 is 1.80 bits per heavy atom. The van der Waals surface area contributed by atoms with Gasteiger partial charge in [-0.15, -0.1) is 0 Å². The van der Waals surface area contributed by atoms with Crippen LogP contribution in [0.3, 0.4) is 0 Å². The average Bonchev–Trinajstić information content (AvgIpc) is 2.59. The van der Waals surface area contributed by atoms with Gasteiger partial charge in [0.1, 0.15) is 11.6 Å². The van der Waals surface area contributed by atoms with Crippen LogP contribution in [-0.4, -0.2) is 36.9 Å². The molecule has 0 saturated carbocycles. The van der Waals surface area contributed by atoms with E-state index in [1.54, 1.807) is 13.0 Å². The topological polar surface area (TPSA) is 64.4 Å². The lowest BCUT2D eigenvalue weighted by atomic mass is 9.92. The number of benzene rings is 1. The van der Waals surface area contributed by atoms with Gasteiger partial charge in [0, 0.05) is 31.4 Å². The van der Waals surface area contributed by atoms with Crippen molar-refractivity contribution in [3.63, 3.8) is 0 Å². The van der Waals surface area contributed by atoms with Crippen molar-refractivity contribution in [3.05, 3.63) is 46.5 Å². The van der Waals surface area contributed by atoms with Gasteiger partial charge in [-0.1, -0.05) is 19.1 Å². The molecule has 0 aromatic heterocycles. The van der Waals surface area contributed by atoms with Gasteiger partial charge in [0.05, 0.1) is 0 Å². The number of amides is 2. The van der Waals surface area contributed by atoms with E-state index >= 15 is 0 Å². The van der Waals surface area contributed by atoms with E-state index in [4.69, 9.17) is 0 Å². The lowest BCUT2D eigenvalue weighted by Gasteiger charge is -2.31. The molecule has 0 saturated heterocycles. The maximum absolute atomic E-state index is 12.9. The highest BCUT2D eigenvalue weighted by Crippen LogP contribution is 2.29. The van der Waals surface area contributed by atoms with Crippen LogP contribution in [0.15, 0.2) is 41.0 Å². The first kappa shape index (κ1) is 18.5. The Morgan fingerprint density at radius 1 is 1.20 bits per heavy atom. The number of carbonyl (C=O) groups is 2. The lowest BCUT2D eigenvalue weighted by molar-refractivity contribution is -0.142. The normalized spacial score (nSPS) is 17.8. The fraction of sp³-hybridized carbons (Fsp3) is 0.350. The summed E-state index contributed by atoms with van der Waals surface area (Å²) in [6.07, 6.45) is 2.39. The number of hydrogen-bond acceptors (Lipinski definition) is 4. The highest BCUT2D eigenvalue weighted by molar-refractivity contribution is 6.19. The lowest BCUT2D eigenvalue weighted by Crippen LogP contribution is -2.47. The second kappa shape index (κ2) is 7.35. The van der Waals surface area contributed by atoms with E-state index in [0.29, 0.717) is 17.6 Å². The van der Waals surface area contributed by atoms with Gasteiger partial charge in [-0.2, -0.15) is 5.26 Å². The number of hydrogen-bond donors (Lipinski definition) is 0. The van der Waals surface area contributed by atoms with E-state index in [1.165, 1.54) is 4.90 Å². The van der Waals surface area contributed by atoms with Crippen molar-refractivity contribution in [2.75, 3.05) is 19.0 Å². The molecule has 0 bridgehead atoms. The monoisotopic (exact) mass is 337 g/mol. The minimum atomic E-state index is -0.501. The fourth-order valence-corrected chi connectivity index (χ4v) is 2.72. The van der Waals surface area contributed by atoms with Crippen molar-refractivity contribution in [1.29, 1.82) is 5.26 Å². The second-order valence-electron chi connectivity index (χ2n) is 6.39. The third-order valence-corrected chi connectivity index (χ3v) is 4.52. The summed E-state index contributed by atoms with van der Waals surface area (Å²) in [5, 5.41) is 9.37. The second-order valence-corrected chi connectivity index (χ2v) is 6.39. The molecular weight excluding hydrogens is 314 g/mol. The number of imide groups is 1. The van der Waals surface area contributed by atoms with Gasteiger partial charge in [0.2, 0.25) is 0 Å². The van der Waals surface area contributed by atoms with Crippen molar-refractivity contribution < 1.29 is 9.59 Å². The van der Waals surface area contributed by atoms with Crippen LogP contribution in [0.5, 0.6) is 0 Å². The maximum atomic E-state index is 12.9. The largest absolute Gasteiger partial charge is 0.378 e. The van der Waals surface area contributed by atoms with Crippen molar-refractivity contribution in [2.24, 2.45) is 0 Å². The summed E-state index contributed by atoms with van der Waals surface area (Å²) in [6.45, 7) is 5.38. The molecule has 5 heteroatoms. The van der Waals surface area contributed by atoms with Crippen LogP contribution in [-0.2, 0) is 9.59 Å². The van der Waals surface area contributed by atoms with Gasteiger partial charge in [0.15, 0.2) is 0 Å². The highest BCUT2D eigenvalue weighted by atomic mass is 16.2. The Balaban J connectivity index is 2.53. The standard InChI is InChI=1S/C20H23N3O2/c1-6-13(2)23-19(24)17(14(3)18(12-21)20(23)25)11-15-7-9-16(10-8-15)22(4)5/h7-11,13H,6H2,1-5H3/b17-11+. The van der Waals surface area contributed by atoms with E-state index < -0.39 is 5.91 Å². The maximum Gasteiger partial charge on any atom is 0.271 e. The average molecular weight is 337 g/mol. The molecular formula is C20H23N3O2. The molecule has 0 spiro atoms. The van der Waals surface area contributed by atoms with E-state index in [-0.39, 0.29) is 17.5 Å². The fourth-order valence-electron chi connectivity index (χ4n) is 2.72. The molecule has 0 fully saturated rings. The smallest absolute Gasteiger partial charge is 0.271 e. The van der Waals surface area contributed by atoms with Crippen LogP contribution >= 0.6 is 0 Å². The zero-order chi connectivity index (χ0) is 18.7. The first-order valence-corrected chi connectivity index (χ1v) is 8.30. The molecule has 2 rings (SSSR count). The summed E-state index contributed by atoms with van der Waals surface area (Å²) in [7, 11) is 3.92. The molecule has 0 N–H and O–H groups in total. The minimum Gasteiger partial charge on any atom is -0.378 e. The third-order valence-electron chi connectivity index (χ3n) is 4.52. The molecule has 0 aliphatic carbocycles. The molecule has 1 atom stereocenters. The Hall–Kier alpha value is -2.87. The number of anilines is 1. The molecule has 1 aliphatic rings. The number of nitriles is 1. The molecule has 0 radical (unpaired) electrons. The van der Waals surface area contributed by atoms with Crippen molar-refractivity contribution in [2.45, 2.75) is 33.2 Å². The summed E-state index contributed by atoms with van der Waals surface area (Å²) in [5.74, 6) is -0.841. The van der Waals surface area contributed by atoms with Crippen LogP contribution in [0.2, 0.25) is 0 Å². The number of rotatable bonds is 4. The zero-order valence-corrected chi connectivity index (χ0v) is 15.3. The predicted octanol–water partition coefficient (Wildman–Crippen LogP) is 3.14. The van der Waals surface area contributed by atoms with Gasteiger partial charge < -0.3 is 4.90 Å². The summed E-state index contributed by atoms with van der Waals surface area (Å²) in [6, 6.07) is 9.46. The summed E-state index contributed by atoms with van der Waals surface area (Å²) < 4.78 is 0. The van der Waals surface area contributed by atoms with E-state index in [2.05, 4.69) is 0 Å². The van der Waals surface area contributed by atoms with Crippen molar-refractivity contribution in [3.8, 4) is 6.07 Å². The van der Waals surface area contributed by atoms with Gasteiger partial charge >= 0.3 is 0 Å². The molecule has 1 aromatic carbocycles. The molecule has 2 amide bonds. The summed E-state index contributed by atoms with van der Waals surface area (Å²) in [4.78, 5) is 28.6. The van der Waals surface area contributed by atoms with Crippen LogP contribution in [0.1, 0.15) is 32.8 Å². The first-order valence-electron chi connectivity index (χ1n) is 8.30. The summed E-state index contributed by atoms with van der Waals surface area (Å²) in [5.41, 5.74) is 2.78. The van der Waals surface area contributed by atoms with Crippen molar-refractivity contribution >= 4 is 23.6 Å².